The first kappa shape index (κ1) is 13.5. The van der Waals surface area contributed by atoms with Crippen LogP contribution < -0.4 is 0 Å². The lowest BCUT2D eigenvalue weighted by Gasteiger charge is -2.22. The zero-order valence-corrected chi connectivity index (χ0v) is 10.3. The number of carboxylic acid groups (broad SMARTS) is 1. The summed E-state index contributed by atoms with van der Waals surface area (Å²) in [4.78, 5) is 13.2. The van der Waals surface area contributed by atoms with Gasteiger partial charge < -0.3 is 14.7 Å². The van der Waals surface area contributed by atoms with Gasteiger partial charge >= 0.3 is 5.97 Å². The third-order valence-electron chi connectivity index (χ3n) is 3.01. The highest BCUT2D eigenvalue weighted by atomic mass is 16.5. The zero-order valence-electron chi connectivity index (χ0n) is 10.3. The highest BCUT2D eigenvalue weighted by Crippen LogP contribution is 2.29. The van der Waals surface area contributed by atoms with Gasteiger partial charge in [0.05, 0.1) is 0 Å². The van der Waals surface area contributed by atoms with E-state index in [1.807, 2.05) is 6.92 Å². The molecule has 1 aliphatic carbocycles. The molecular weight excluding hydrogens is 206 g/mol. The molecule has 0 amide bonds. The summed E-state index contributed by atoms with van der Waals surface area (Å²) in [5.74, 6) is 0.0136. The van der Waals surface area contributed by atoms with Crippen molar-refractivity contribution >= 4 is 5.97 Å². The highest BCUT2D eigenvalue weighted by Gasteiger charge is 2.25. The summed E-state index contributed by atoms with van der Waals surface area (Å²) in [6.07, 6.45) is 2.62. The highest BCUT2D eigenvalue weighted by molar-refractivity contribution is 5.72. The van der Waals surface area contributed by atoms with Crippen molar-refractivity contribution in [3.63, 3.8) is 0 Å². The van der Waals surface area contributed by atoms with Gasteiger partial charge in [-0.25, -0.2) is 4.79 Å². The van der Waals surface area contributed by atoms with E-state index in [0.717, 1.165) is 25.6 Å². The average molecular weight is 229 g/mol. The molecule has 16 heavy (non-hydrogen) atoms. The molecule has 0 aromatic rings. The van der Waals surface area contributed by atoms with E-state index in [2.05, 4.69) is 11.8 Å². The van der Waals surface area contributed by atoms with E-state index in [1.54, 1.807) is 0 Å². The number of carbonyl (C=O) groups is 1. The second-order valence-electron chi connectivity index (χ2n) is 4.41. The van der Waals surface area contributed by atoms with Crippen LogP contribution in [0.2, 0.25) is 0 Å². The largest absolute Gasteiger partial charge is 0.479 e. The van der Waals surface area contributed by atoms with Crippen LogP contribution in [0.4, 0.5) is 0 Å². The molecule has 0 aliphatic heterocycles. The van der Waals surface area contributed by atoms with Crippen molar-refractivity contribution < 1.29 is 14.6 Å². The van der Waals surface area contributed by atoms with Crippen molar-refractivity contribution in [2.75, 3.05) is 26.2 Å². The number of nitrogens with zero attached hydrogens (tertiary/aromatic N) is 1. The maximum Gasteiger partial charge on any atom is 0.332 e. The van der Waals surface area contributed by atoms with Gasteiger partial charge in [0.2, 0.25) is 0 Å². The first-order valence-corrected chi connectivity index (χ1v) is 6.24. The van der Waals surface area contributed by atoms with Crippen molar-refractivity contribution in [1.29, 1.82) is 0 Å². The van der Waals surface area contributed by atoms with E-state index < -0.39 is 12.1 Å². The van der Waals surface area contributed by atoms with Crippen LogP contribution in [0, 0.1) is 5.92 Å². The monoisotopic (exact) mass is 229 g/mol. The molecule has 1 atom stereocenters. The van der Waals surface area contributed by atoms with Crippen LogP contribution in [0.3, 0.4) is 0 Å². The molecule has 1 N–H and O–H groups in total. The third kappa shape index (κ3) is 4.94. The summed E-state index contributed by atoms with van der Waals surface area (Å²) in [5, 5.41) is 8.94. The predicted octanol–water partition coefficient (Wildman–Crippen LogP) is 1.60. The Kier molecular flexibility index (Phi) is 5.77. The van der Waals surface area contributed by atoms with E-state index in [-0.39, 0.29) is 0 Å². The van der Waals surface area contributed by atoms with Crippen LogP contribution in [0.25, 0.3) is 0 Å². The topological polar surface area (TPSA) is 49.8 Å². The Labute approximate surface area is 97.6 Å². The standard InChI is InChI=1S/C12H23NO3/c1-3-13(9-10-5-6-10)8-7-11(12(14)15)16-4-2/h10-11H,3-9H2,1-2H3,(H,14,15). The fraction of sp³-hybridized carbons (Fsp3) is 0.917. The molecule has 0 aromatic heterocycles. The normalized spacial score (nSPS) is 17.7. The molecule has 1 aliphatic rings. The lowest BCUT2D eigenvalue weighted by atomic mass is 10.2. The van der Waals surface area contributed by atoms with Gasteiger partial charge in [0.25, 0.3) is 0 Å². The van der Waals surface area contributed by atoms with E-state index in [9.17, 15) is 4.79 Å². The Morgan fingerprint density at radius 2 is 2.19 bits per heavy atom. The van der Waals surface area contributed by atoms with Crippen molar-refractivity contribution in [2.45, 2.75) is 39.2 Å². The maximum atomic E-state index is 10.9. The van der Waals surface area contributed by atoms with E-state index >= 15 is 0 Å². The van der Waals surface area contributed by atoms with Gasteiger partial charge in [-0.05, 0) is 38.6 Å². The number of carboxylic acids is 1. The minimum absolute atomic E-state index is 0.464. The van der Waals surface area contributed by atoms with Gasteiger partial charge in [-0.2, -0.15) is 0 Å². The van der Waals surface area contributed by atoms with Gasteiger partial charge in [-0.15, -0.1) is 0 Å². The molecular formula is C12H23NO3. The Bertz CT molecular complexity index is 216. The molecule has 0 bridgehead atoms. The summed E-state index contributed by atoms with van der Waals surface area (Å²) in [6, 6.07) is 0. The molecule has 1 unspecified atom stereocenters. The van der Waals surface area contributed by atoms with Crippen LogP contribution in [0.5, 0.6) is 0 Å². The van der Waals surface area contributed by atoms with Gasteiger partial charge in [0.15, 0.2) is 6.10 Å². The molecule has 4 nitrogen and oxygen atoms in total. The molecule has 94 valence electrons. The summed E-state index contributed by atoms with van der Waals surface area (Å²) in [7, 11) is 0. The number of hydrogen-bond donors (Lipinski definition) is 1. The molecule has 4 heteroatoms. The van der Waals surface area contributed by atoms with Crippen LogP contribution in [0.1, 0.15) is 33.1 Å². The summed E-state index contributed by atoms with van der Waals surface area (Å²) >= 11 is 0. The minimum Gasteiger partial charge on any atom is -0.479 e. The number of rotatable bonds is 9. The van der Waals surface area contributed by atoms with Gasteiger partial charge in [0, 0.05) is 19.7 Å². The fourth-order valence-electron chi connectivity index (χ4n) is 1.82. The Balaban J connectivity index is 2.24. The smallest absolute Gasteiger partial charge is 0.332 e. The molecule has 0 saturated heterocycles. The molecule has 1 rings (SSSR count). The summed E-state index contributed by atoms with van der Waals surface area (Å²) in [5.41, 5.74) is 0. The Hall–Kier alpha value is -0.610. The average Bonchev–Trinajstić information content (AvgIpc) is 3.05. The SMILES string of the molecule is CCOC(CCN(CC)CC1CC1)C(=O)O. The quantitative estimate of drug-likeness (QED) is 0.652. The van der Waals surface area contributed by atoms with Crippen LogP contribution in [0.15, 0.2) is 0 Å². The maximum absolute atomic E-state index is 10.9. The van der Waals surface area contributed by atoms with Gasteiger partial charge in [-0.3, -0.25) is 0 Å². The zero-order chi connectivity index (χ0) is 12.0. The van der Waals surface area contributed by atoms with E-state index in [1.165, 1.54) is 12.8 Å². The van der Waals surface area contributed by atoms with Crippen LogP contribution in [-0.2, 0) is 9.53 Å². The second-order valence-corrected chi connectivity index (χ2v) is 4.41. The molecule has 0 aromatic carbocycles. The predicted molar refractivity (Wildman–Crippen MR) is 62.5 cm³/mol. The van der Waals surface area contributed by atoms with Crippen molar-refractivity contribution in [1.82, 2.24) is 4.90 Å². The molecule has 1 saturated carbocycles. The third-order valence-corrected chi connectivity index (χ3v) is 3.01. The molecule has 1 fully saturated rings. The first-order valence-electron chi connectivity index (χ1n) is 6.24. The van der Waals surface area contributed by atoms with Crippen LogP contribution in [-0.4, -0.2) is 48.3 Å². The summed E-state index contributed by atoms with van der Waals surface area (Å²) in [6.45, 7) is 7.36. The Morgan fingerprint density at radius 3 is 2.62 bits per heavy atom. The number of hydrogen-bond acceptors (Lipinski definition) is 3. The number of aliphatic carboxylic acids is 1. The summed E-state index contributed by atoms with van der Waals surface area (Å²) < 4.78 is 5.19. The lowest BCUT2D eigenvalue weighted by molar-refractivity contribution is -0.150. The van der Waals surface area contributed by atoms with Crippen molar-refractivity contribution in [2.24, 2.45) is 5.92 Å². The van der Waals surface area contributed by atoms with Crippen molar-refractivity contribution in [3.8, 4) is 0 Å². The molecule has 0 radical (unpaired) electrons. The van der Waals surface area contributed by atoms with E-state index in [4.69, 9.17) is 9.84 Å². The van der Waals surface area contributed by atoms with Crippen molar-refractivity contribution in [3.05, 3.63) is 0 Å². The fourth-order valence-corrected chi connectivity index (χ4v) is 1.82. The molecule has 0 heterocycles. The van der Waals surface area contributed by atoms with Gasteiger partial charge in [-0.1, -0.05) is 6.92 Å². The molecule has 0 spiro atoms. The Morgan fingerprint density at radius 1 is 1.50 bits per heavy atom. The van der Waals surface area contributed by atoms with E-state index in [0.29, 0.717) is 13.0 Å². The van der Waals surface area contributed by atoms with Gasteiger partial charge in [0.1, 0.15) is 0 Å². The minimum atomic E-state index is -0.843. The first-order chi connectivity index (χ1) is 7.67. The second kappa shape index (κ2) is 6.86. The van der Waals surface area contributed by atoms with Crippen LogP contribution >= 0.6 is 0 Å². The lowest BCUT2D eigenvalue weighted by Crippen LogP contribution is -2.33. The number of ether oxygens (including phenoxy) is 1.